The predicted octanol–water partition coefficient (Wildman–Crippen LogP) is 5.56. The monoisotopic (exact) mass is 423 g/mol. The third-order valence-electron chi connectivity index (χ3n) is 4.08. The number of ether oxygens (including phenoxy) is 1. The molecule has 3 rings (SSSR count). The van der Waals surface area contributed by atoms with Gasteiger partial charge in [-0.1, -0.05) is 46.9 Å². The summed E-state index contributed by atoms with van der Waals surface area (Å²) in [5, 5.41) is 10.5. The molecule has 2 aromatic carbocycles. The molecule has 1 N–H and O–H groups in total. The number of esters is 1. The van der Waals surface area contributed by atoms with Crippen LogP contribution < -0.4 is 0 Å². The summed E-state index contributed by atoms with van der Waals surface area (Å²) >= 11 is 18.4. The van der Waals surface area contributed by atoms with Gasteiger partial charge in [-0.15, -0.1) is 0 Å². The third-order valence-corrected chi connectivity index (χ3v) is 4.87. The van der Waals surface area contributed by atoms with Crippen LogP contribution in [0.1, 0.15) is 16.1 Å². The molecule has 27 heavy (non-hydrogen) atoms. The van der Waals surface area contributed by atoms with E-state index in [4.69, 9.17) is 44.6 Å². The maximum Gasteiger partial charge on any atom is 0.340 e. The summed E-state index contributed by atoms with van der Waals surface area (Å²) in [4.78, 5) is 12.4. The van der Waals surface area contributed by atoms with Crippen LogP contribution >= 0.6 is 34.8 Å². The van der Waals surface area contributed by atoms with E-state index in [0.717, 1.165) is 11.3 Å². The van der Waals surface area contributed by atoms with Crippen LogP contribution in [-0.4, -0.2) is 28.9 Å². The van der Waals surface area contributed by atoms with Crippen molar-refractivity contribution in [1.82, 2.24) is 4.57 Å². The molecule has 0 unspecified atom stereocenters. The lowest BCUT2D eigenvalue weighted by molar-refractivity contribution is 0.0433. The van der Waals surface area contributed by atoms with E-state index < -0.39 is 5.97 Å². The number of benzene rings is 2. The molecule has 0 spiro atoms. The van der Waals surface area contributed by atoms with Crippen LogP contribution in [0.2, 0.25) is 15.1 Å². The van der Waals surface area contributed by atoms with E-state index in [0.29, 0.717) is 32.0 Å². The molecular weight excluding hydrogens is 409 g/mol. The van der Waals surface area contributed by atoms with Gasteiger partial charge in [-0.05, 0) is 48.9 Å². The van der Waals surface area contributed by atoms with E-state index in [-0.39, 0.29) is 13.2 Å². The molecule has 1 heterocycles. The van der Waals surface area contributed by atoms with Crippen molar-refractivity contribution < 1.29 is 14.6 Å². The third kappa shape index (κ3) is 4.14. The summed E-state index contributed by atoms with van der Waals surface area (Å²) in [5.41, 5.74) is 3.34. The van der Waals surface area contributed by atoms with E-state index >= 15 is 0 Å². The highest BCUT2D eigenvalue weighted by Crippen LogP contribution is 2.34. The van der Waals surface area contributed by atoms with Crippen molar-refractivity contribution in [3.8, 4) is 16.9 Å². The van der Waals surface area contributed by atoms with E-state index in [1.54, 1.807) is 43.3 Å². The van der Waals surface area contributed by atoms with Crippen LogP contribution in [0.15, 0.2) is 48.5 Å². The van der Waals surface area contributed by atoms with Gasteiger partial charge in [-0.3, -0.25) is 0 Å². The number of halogens is 3. The van der Waals surface area contributed by atoms with E-state index in [1.807, 2.05) is 16.7 Å². The number of nitrogens with zero attached hydrogens (tertiary/aromatic N) is 1. The fourth-order valence-corrected chi connectivity index (χ4v) is 3.45. The molecule has 0 aliphatic carbocycles. The van der Waals surface area contributed by atoms with Gasteiger partial charge in [0, 0.05) is 15.7 Å². The molecule has 1 aromatic heterocycles. The summed E-state index contributed by atoms with van der Waals surface area (Å²) in [5.74, 6) is -0.513. The van der Waals surface area contributed by atoms with Crippen molar-refractivity contribution in [2.45, 2.75) is 6.92 Å². The molecule has 0 saturated carbocycles. The number of hydrogen-bond acceptors (Lipinski definition) is 3. The van der Waals surface area contributed by atoms with Crippen molar-refractivity contribution in [2.24, 2.45) is 0 Å². The second kappa shape index (κ2) is 8.36. The van der Waals surface area contributed by atoms with Crippen LogP contribution in [0.4, 0.5) is 0 Å². The van der Waals surface area contributed by atoms with Crippen molar-refractivity contribution in [1.29, 1.82) is 0 Å². The zero-order valence-corrected chi connectivity index (χ0v) is 16.6. The highest BCUT2D eigenvalue weighted by Gasteiger charge is 2.22. The van der Waals surface area contributed by atoms with Crippen LogP contribution in [0.3, 0.4) is 0 Å². The molecule has 0 aliphatic rings. The van der Waals surface area contributed by atoms with Gasteiger partial charge in [0.15, 0.2) is 0 Å². The number of aliphatic hydroxyl groups is 1. The molecule has 0 fully saturated rings. The van der Waals surface area contributed by atoms with E-state index in [2.05, 4.69) is 0 Å². The first kappa shape index (κ1) is 19.8. The summed E-state index contributed by atoms with van der Waals surface area (Å²) < 4.78 is 6.96. The fraction of sp³-hybridized carbons (Fsp3) is 0.150. The lowest BCUT2D eigenvalue weighted by Gasteiger charge is -2.14. The maximum atomic E-state index is 12.4. The Hall–Kier alpha value is -1.98. The molecule has 140 valence electrons. The second-order valence-corrected chi connectivity index (χ2v) is 7.11. The molecule has 7 heteroatoms. The molecule has 4 nitrogen and oxygen atoms in total. The minimum absolute atomic E-state index is 0.0680. The Morgan fingerprint density at radius 1 is 1.04 bits per heavy atom. The Morgan fingerprint density at radius 2 is 1.70 bits per heavy atom. The van der Waals surface area contributed by atoms with Crippen LogP contribution in [0, 0.1) is 6.92 Å². The van der Waals surface area contributed by atoms with Gasteiger partial charge in [0.05, 0.1) is 28.6 Å². The van der Waals surface area contributed by atoms with Crippen molar-refractivity contribution in [2.75, 3.05) is 13.2 Å². The van der Waals surface area contributed by atoms with Crippen molar-refractivity contribution in [3.63, 3.8) is 0 Å². The Morgan fingerprint density at radius 3 is 2.33 bits per heavy atom. The average molecular weight is 425 g/mol. The largest absolute Gasteiger partial charge is 0.460 e. The predicted molar refractivity (Wildman–Crippen MR) is 108 cm³/mol. The molecule has 0 radical (unpaired) electrons. The average Bonchev–Trinajstić information content (AvgIpc) is 2.98. The van der Waals surface area contributed by atoms with Crippen molar-refractivity contribution in [3.05, 3.63) is 74.9 Å². The standard InChI is InChI=1S/C20H16Cl3NO3/c1-12-16(20(26)27-9-8-25)11-19(13-2-4-14(21)5-3-13)24(12)18-7-6-15(22)10-17(18)23/h2-7,10-11,25H,8-9H2,1H3. The van der Waals surface area contributed by atoms with Gasteiger partial charge in [0.1, 0.15) is 6.61 Å². The number of aliphatic hydroxyl groups excluding tert-OH is 1. The molecule has 0 aliphatic heterocycles. The number of rotatable bonds is 5. The maximum absolute atomic E-state index is 12.4. The van der Waals surface area contributed by atoms with E-state index in [9.17, 15) is 4.79 Å². The van der Waals surface area contributed by atoms with Crippen LogP contribution in [0.5, 0.6) is 0 Å². The molecule has 0 atom stereocenters. The quantitative estimate of drug-likeness (QED) is 0.545. The highest BCUT2D eigenvalue weighted by atomic mass is 35.5. The Labute approximate surface area is 171 Å². The minimum atomic E-state index is -0.513. The minimum Gasteiger partial charge on any atom is -0.460 e. The fourth-order valence-electron chi connectivity index (χ4n) is 2.84. The van der Waals surface area contributed by atoms with Gasteiger partial charge in [0.25, 0.3) is 0 Å². The van der Waals surface area contributed by atoms with E-state index in [1.165, 1.54) is 0 Å². The topological polar surface area (TPSA) is 51.5 Å². The number of hydrogen-bond donors (Lipinski definition) is 1. The normalized spacial score (nSPS) is 10.9. The summed E-state index contributed by atoms with van der Waals surface area (Å²) in [7, 11) is 0. The zero-order valence-electron chi connectivity index (χ0n) is 14.4. The number of aromatic nitrogens is 1. The first-order chi connectivity index (χ1) is 12.9. The lowest BCUT2D eigenvalue weighted by Crippen LogP contribution is -2.10. The van der Waals surface area contributed by atoms with Crippen LogP contribution in [-0.2, 0) is 4.74 Å². The molecule has 3 aromatic rings. The SMILES string of the molecule is Cc1c(C(=O)OCCO)cc(-c2ccc(Cl)cc2)n1-c1ccc(Cl)cc1Cl. The zero-order chi connectivity index (χ0) is 19.6. The lowest BCUT2D eigenvalue weighted by atomic mass is 10.1. The van der Waals surface area contributed by atoms with Gasteiger partial charge in [0.2, 0.25) is 0 Å². The number of carbonyl (C=O) groups is 1. The van der Waals surface area contributed by atoms with Gasteiger partial charge in [-0.25, -0.2) is 4.79 Å². The highest BCUT2D eigenvalue weighted by molar-refractivity contribution is 6.35. The molecule has 0 bridgehead atoms. The first-order valence-electron chi connectivity index (χ1n) is 8.14. The number of carbonyl (C=O) groups excluding carboxylic acids is 1. The van der Waals surface area contributed by atoms with Gasteiger partial charge < -0.3 is 14.4 Å². The Bertz CT molecular complexity index is 981. The Kier molecular flexibility index (Phi) is 6.12. The molecular formula is C20H16Cl3NO3. The second-order valence-electron chi connectivity index (χ2n) is 5.83. The summed E-state index contributed by atoms with van der Waals surface area (Å²) in [6, 6.07) is 14.2. The molecule has 0 saturated heterocycles. The van der Waals surface area contributed by atoms with Gasteiger partial charge >= 0.3 is 5.97 Å². The van der Waals surface area contributed by atoms with Gasteiger partial charge in [-0.2, -0.15) is 0 Å². The van der Waals surface area contributed by atoms with Crippen molar-refractivity contribution >= 4 is 40.8 Å². The molecule has 0 amide bonds. The van der Waals surface area contributed by atoms with Crippen LogP contribution in [0.25, 0.3) is 16.9 Å². The summed E-state index contributed by atoms with van der Waals surface area (Å²) in [6.07, 6.45) is 0. The summed E-state index contributed by atoms with van der Waals surface area (Å²) in [6.45, 7) is 1.50. The first-order valence-corrected chi connectivity index (χ1v) is 9.27. The Balaban J connectivity index is 2.21. The smallest absolute Gasteiger partial charge is 0.340 e.